The minimum atomic E-state index is -0.0174. The van der Waals surface area contributed by atoms with E-state index in [1.807, 2.05) is 41.8 Å². The third-order valence-electron chi connectivity index (χ3n) is 3.83. The molecule has 0 bridgehead atoms. The number of hydrogen-bond donors (Lipinski definition) is 0. The van der Waals surface area contributed by atoms with Crippen LogP contribution in [0, 0.1) is 5.92 Å². The quantitative estimate of drug-likeness (QED) is 0.618. The van der Waals surface area contributed by atoms with Crippen molar-refractivity contribution >= 4 is 11.8 Å². The first-order valence-electron chi connectivity index (χ1n) is 8.65. The number of amides is 2. The molecule has 0 aliphatic carbocycles. The Kier molecular flexibility index (Phi) is 8.30. The molecule has 5 nitrogen and oxygen atoms in total. The highest BCUT2D eigenvalue weighted by Gasteiger charge is 2.21. The second-order valence-corrected chi connectivity index (χ2v) is 6.59. The maximum atomic E-state index is 12.8. The van der Waals surface area contributed by atoms with Crippen LogP contribution in [0.2, 0.25) is 0 Å². The Labute approximate surface area is 145 Å². The summed E-state index contributed by atoms with van der Waals surface area (Å²) in [6.07, 6.45) is 4.88. The van der Waals surface area contributed by atoms with Crippen molar-refractivity contribution in [3.63, 3.8) is 0 Å². The summed E-state index contributed by atoms with van der Waals surface area (Å²) >= 11 is 0. The summed E-state index contributed by atoms with van der Waals surface area (Å²) in [7, 11) is 1.97. The molecule has 0 aliphatic rings. The van der Waals surface area contributed by atoms with Crippen molar-refractivity contribution in [3.8, 4) is 0 Å². The number of carbonyl (C=O) groups excluding carboxylic acids is 2. The Morgan fingerprint density at radius 2 is 2.00 bits per heavy atom. The first-order chi connectivity index (χ1) is 11.4. The zero-order valence-electron chi connectivity index (χ0n) is 15.5. The lowest BCUT2D eigenvalue weighted by Crippen LogP contribution is -2.44. The third-order valence-corrected chi connectivity index (χ3v) is 3.83. The van der Waals surface area contributed by atoms with Crippen LogP contribution in [-0.4, -0.2) is 45.8 Å². The molecule has 1 aromatic rings. The molecule has 0 aliphatic heterocycles. The molecular formula is C19H31N3O2. The van der Waals surface area contributed by atoms with Gasteiger partial charge in [-0.05, 0) is 24.5 Å². The number of aromatic nitrogens is 1. The molecule has 1 rings (SSSR count). The Hall–Kier alpha value is -2.04. The van der Waals surface area contributed by atoms with Crippen LogP contribution in [0.25, 0.3) is 0 Å². The Bertz CT molecular complexity index is 549. The van der Waals surface area contributed by atoms with Gasteiger partial charge in [0.25, 0.3) is 0 Å². The molecule has 0 spiro atoms. The molecule has 0 N–H and O–H groups in total. The van der Waals surface area contributed by atoms with E-state index >= 15 is 0 Å². The SMILES string of the molecule is C=CCN(CC(=O)N(Cc1cccn1C)CC(C)C)C(=O)CCC. The van der Waals surface area contributed by atoms with Crippen molar-refractivity contribution in [1.29, 1.82) is 0 Å². The first-order valence-corrected chi connectivity index (χ1v) is 8.65. The predicted octanol–water partition coefficient (Wildman–Crippen LogP) is 2.82. The molecule has 2 amide bonds. The van der Waals surface area contributed by atoms with Gasteiger partial charge in [-0.1, -0.05) is 26.8 Å². The summed E-state index contributed by atoms with van der Waals surface area (Å²) in [5.74, 6) is 0.360. The van der Waals surface area contributed by atoms with Crippen LogP contribution < -0.4 is 0 Å². The van der Waals surface area contributed by atoms with E-state index in [2.05, 4.69) is 20.4 Å². The number of rotatable bonds is 10. The topological polar surface area (TPSA) is 45.6 Å². The van der Waals surface area contributed by atoms with Crippen molar-refractivity contribution in [2.45, 2.75) is 40.2 Å². The molecule has 0 unspecified atom stereocenters. The van der Waals surface area contributed by atoms with Gasteiger partial charge in [-0.15, -0.1) is 6.58 Å². The molecule has 134 valence electrons. The highest BCUT2D eigenvalue weighted by atomic mass is 16.2. The molecule has 0 fully saturated rings. The Balaban J connectivity index is 2.83. The lowest BCUT2D eigenvalue weighted by atomic mass is 10.2. The smallest absolute Gasteiger partial charge is 0.242 e. The maximum absolute atomic E-state index is 12.8. The van der Waals surface area contributed by atoms with Gasteiger partial charge in [-0.3, -0.25) is 9.59 Å². The number of aryl methyl sites for hydroxylation is 1. The summed E-state index contributed by atoms with van der Waals surface area (Å²) in [6.45, 7) is 11.6. The molecule has 0 atom stereocenters. The molecule has 5 heteroatoms. The average Bonchev–Trinajstić information content (AvgIpc) is 2.91. The van der Waals surface area contributed by atoms with Crippen molar-refractivity contribution in [2.75, 3.05) is 19.6 Å². The molecule has 0 saturated heterocycles. The van der Waals surface area contributed by atoms with E-state index in [4.69, 9.17) is 0 Å². The minimum Gasteiger partial charge on any atom is -0.353 e. The monoisotopic (exact) mass is 333 g/mol. The summed E-state index contributed by atoms with van der Waals surface area (Å²) in [6, 6.07) is 3.99. The van der Waals surface area contributed by atoms with Crippen LogP contribution in [-0.2, 0) is 23.2 Å². The number of carbonyl (C=O) groups is 2. The van der Waals surface area contributed by atoms with Gasteiger partial charge in [-0.2, -0.15) is 0 Å². The Morgan fingerprint density at radius 3 is 2.50 bits per heavy atom. The van der Waals surface area contributed by atoms with Crippen LogP contribution in [0.5, 0.6) is 0 Å². The largest absolute Gasteiger partial charge is 0.353 e. The van der Waals surface area contributed by atoms with Gasteiger partial charge >= 0.3 is 0 Å². The zero-order chi connectivity index (χ0) is 18.1. The highest BCUT2D eigenvalue weighted by molar-refractivity contribution is 5.85. The second kappa shape index (κ2) is 9.96. The summed E-state index contributed by atoms with van der Waals surface area (Å²) in [4.78, 5) is 28.4. The van der Waals surface area contributed by atoms with Gasteiger partial charge in [-0.25, -0.2) is 0 Å². The van der Waals surface area contributed by atoms with Gasteiger partial charge in [0.15, 0.2) is 0 Å². The molecule has 0 saturated carbocycles. The highest BCUT2D eigenvalue weighted by Crippen LogP contribution is 2.10. The fourth-order valence-electron chi connectivity index (χ4n) is 2.60. The van der Waals surface area contributed by atoms with Crippen molar-refractivity contribution in [1.82, 2.24) is 14.4 Å². The van der Waals surface area contributed by atoms with E-state index in [9.17, 15) is 9.59 Å². The van der Waals surface area contributed by atoms with E-state index < -0.39 is 0 Å². The van der Waals surface area contributed by atoms with Gasteiger partial charge < -0.3 is 14.4 Å². The predicted molar refractivity (Wildman–Crippen MR) is 97.4 cm³/mol. The van der Waals surface area contributed by atoms with Gasteiger partial charge in [0, 0.05) is 38.4 Å². The molecule has 1 aromatic heterocycles. The van der Waals surface area contributed by atoms with E-state index in [0.29, 0.717) is 32.0 Å². The van der Waals surface area contributed by atoms with Crippen molar-refractivity contribution in [3.05, 3.63) is 36.7 Å². The fraction of sp³-hybridized carbons (Fsp3) is 0.579. The third kappa shape index (κ3) is 6.22. The fourth-order valence-corrected chi connectivity index (χ4v) is 2.60. The van der Waals surface area contributed by atoms with Crippen LogP contribution in [0.15, 0.2) is 31.0 Å². The molecule has 0 radical (unpaired) electrons. The molecular weight excluding hydrogens is 302 g/mol. The van der Waals surface area contributed by atoms with Gasteiger partial charge in [0.05, 0.1) is 6.54 Å². The normalized spacial score (nSPS) is 10.7. The van der Waals surface area contributed by atoms with Crippen molar-refractivity contribution in [2.24, 2.45) is 13.0 Å². The molecule has 1 heterocycles. The maximum Gasteiger partial charge on any atom is 0.242 e. The van der Waals surface area contributed by atoms with E-state index in [-0.39, 0.29) is 18.4 Å². The number of nitrogens with zero attached hydrogens (tertiary/aromatic N) is 3. The van der Waals surface area contributed by atoms with Crippen LogP contribution >= 0.6 is 0 Å². The van der Waals surface area contributed by atoms with Crippen LogP contribution in [0.4, 0.5) is 0 Å². The van der Waals surface area contributed by atoms with E-state index in [1.165, 1.54) is 0 Å². The van der Waals surface area contributed by atoms with Gasteiger partial charge in [0.1, 0.15) is 6.54 Å². The zero-order valence-corrected chi connectivity index (χ0v) is 15.5. The standard InChI is InChI=1S/C19H31N3O2/c1-6-9-18(23)21(11-7-2)15-19(24)22(13-16(3)4)14-17-10-8-12-20(17)5/h7-8,10,12,16H,2,6,9,11,13-15H2,1,3-5H3. The minimum absolute atomic E-state index is 0.00844. The summed E-state index contributed by atoms with van der Waals surface area (Å²) < 4.78 is 2.02. The lowest BCUT2D eigenvalue weighted by Gasteiger charge is -2.28. The lowest BCUT2D eigenvalue weighted by molar-refractivity contribution is -0.140. The van der Waals surface area contributed by atoms with Gasteiger partial charge in [0.2, 0.25) is 11.8 Å². The van der Waals surface area contributed by atoms with E-state index in [1.54, 1.807) is 11.0 Å². The van der Waals surface area contributed by atoms with Crippen LogP contribution in [0.1, 0.15) is 39.3 Å². The first kappa shape index (κ1) is 20.0. The van der Waals surface area contributed by atoms with Crippen molar-refractivity contribution < 1.29 is 9.59 Å². The molecule has 24 heavy (non-hydrogen) atoms. The molecule has 0 aromatic carbocycles. The number of hydrogen-bond acceptors (Lipinski definition) is 2. The average molecular weight is 333 g/mol. The van der Waals surface area contributed by atoms with E-state index in [0.717, 1.165) is 12.1 Å². The second-order valence-electron chi connectivity index (χ2n) is 6.59. The summed E-state index contributed by atoms with van der Waals surface area (Å²) in [5.41, 5.74) is 1.08. The summed E-state index contributed by atoms with van der Waals surface area (Å²) in [5, 5.41) is 0. The Morgan fingerprint density at radius 1 is 1.29 bits per heavy atom. The van der Waals surface area contributed by atoms with Crippen LogP contribution in [0.3, 0.4) is 0 Å².